The standard InChI is InChI=1S/C10H11ClN2O4.C3H8/c1-2-17-10(14)6-12-8-5-7(11)3-4-9(8)13(15)16;1-3-2/h3-5,12H,2,6H2,1H3;3H2,1-2H3. The molecule has 0 bridgehead atoms. The van der Waals surface area contributed by atoms with Gasteiger partial charge >= 0.3 is 5.97 Å². The Morgan fingerprint density at radius 3 is 2.50 bits per heavy atom. The second-order valence-corrected chi connectivity index (χ2v) is 4.22. The second kappa shape index (κ2) is 10.0. The van der Waals surface area contributed by atoms with Crippen molar-refractivity contribution in [2.24, 2.45) is 0 Å². The molecule has 1 rings (SSSR count). The molecule has 0 aromatic heterocycles. The molecule has 0 heterocycles. The van der Waals surface area contributed by atoms with Crippen LogP contribution in [-0.2, 0) is 9.53 Å². The fourth-order valence-corrected chi connectivity index (χ4v) is 1.36. The number of carbonyl (C=O) groups is 1. The molecule has 20 heavy (non-hydrogen) atoms. The van der Waals surface area contributed by atoms with Crippen LogP contribution in [-0.4, -0.2) is 24.0 Å². The van der Waals surface area contributed by atoms with Crippen LogP contribution in [0.5, 0.6) is 0 Å². The van der Waals surface area contributed by atoms with E-state index in [2.05, 4.69) is 23.9 Å². The Labute approximate surface area is 123 Å². The van der Waals surface area contributed by atoms with E-state index in [0.29, 0.717) is 5.02 Å². The quantitative estimate of drug-likeness (QED) is 0.510. The summed E-state index contributed by atoms with van der Waals surface area (Å²) in [5.41, 5.74) is 0.0502. The average molecular weight is 303 g/mol. The Kier molecular flexibility index (Phi) is 9.11. The Balaban J connectivity index is 0.00000110. The third-order valence-electron chi connectivity index (χ3n) is 1.88. The van der Waals surface area contributed by atoms with E-state index in [1.54, 1.807) is 6.92 Å². The van der Waals surface area contributed by atoms with Gasteiger partial charge in [-0.2, -0.15) is 0 Å². The Hall–Kier alpha value is -1.82. The molecule has 1 N–H and O–H groups in total. The van der Waals surface area contributed by atoms with Crippen LogP contribution in [0.2, 0.25) is 5.02 Å². The number of hydrogen-bond donors (Lipinski definition) is 1. The van der Waals surface area contributed by atoms with E-state index in [9.17, 15) is 14.9 Å². The molecule has 0 unspecified atom stereocenters. The molecule has 0 amide bonds. The highest BCUT2D eigenvalue weighted by Crippen LogP contribution is 2.27. The minimum Gasteiger partial charge on any atom is -0.465 e. The van der Waals surface area contributed by atoms with Crippen molar-refractivity contribution in [2.75, 3.05) is 18.5 Å². The van der Waals surface area contributed by atoms with E-state index in [1.807, 2.05) is 0 Å². The topological polar surface area (TPSA) is 81.5 Å². The summed E-state index contributed by atoms with van der Waals surface area (Å²) in [5, 5.41) is 13.7. The van der Waals surface area contributed by atoms with Crippen LogP contribution >= 0.6 is 11.6 Å². The molecule has 112 valence electrons. The van der Waals surface area contributed by atoms with Crippen molar-refractivity contribution < 1.29 is 14.5 Å². The summed E-state index contributed by atoms with van der Waals surface area (Å²) < 4.78 is 4.69. The van der Waals surface area contributed by atoms with Crippen molar-refractivity contribution in [3.05, 3.63) is 33.3 Å². The van der Waals surface area contributed by atoms with Crippen molar-refractivity contribution in [3.8, 4) is 0 Å². The number of halogens is 1. The van der Waals surface area contributed by atoms with Gasteiger partial charge in [0.1, 0.15) is 12.2 Å². The highest BCUT2D eigenvalue weighted by atomic mass is 35.5. The first-order chi connectivity index (χ1) is 9.46. The van der Waals surface area contributed by atoms with E-state index in [1.165, 1.54) is 24.6 Å². The highest BCUT2D eigenvalue weighted by Gasteiger charge is 2.14. The third kappa shape index (κ3) is 6.94. The van der Waals surface area contributed by atoms with Crippen molar-refractivity contribution in [1.82, 2.24) is 0 Å². The van der Waals surface area contributed by atoms with Gasteiger partial charge in [0.25, 0.3) is 5.69 Å². The number of esters is 1. The molecule has 0 atom stereocenters. The van der Waals surface area contributed by atoms with Gasteiger partial charge in [-0.1, -0.05) is 31.9 Å². The summed E-state index contributed by atoms with van der Waals surface area (Å²) in [4.78, 5) is 21.3. The molecule has 0 radical (unpaired) electrons. The first-order valence-corrected chi connectivity index (χ1v) is 6.67. The second-order valence-electron chi connectivity index (χ2n) is 3.78. The van der Waals surface area contributed by atoms with Crippen LogP contribution in [0, 0.1) is 10.1 Å². The van der Waals surface area contributed by atoms with E-state index in [-0.39, 0.29) is 24.5 Å². The van der Waals surface area contributed by atoms with Gasteiger partial charge in [-0.15, -0.1) is 0 Å². The lowest BCUT2D eigenvalue weighted by Gasteiger charge is -2.06. The van der Waals surface area contributed by atoms with Crippen molar-refractivity contribution >= 4 is 28.9 Å². The van der Waals surface area contributed by atoms with Crippen LogP contribution in [0.1, 0.15) is 27.2 Å². The zero-order valence-corrected chi connectivity index (χ0v) is 12.6. The number of ether oxygens (including phenoxy) is 1. The lowest BCUT2D eigenvalue weighted by Crippen LogP contribution is -2.17. The van der Waals surface area contributed by atoms with Crippen LogP contribution < -0.4 is 5.32 Å². The zero-order valence-electron chi connectivity index (χ0n) is 11.8. The van der Waals surface area contributed by atoms with Gasteiger partial charge < -0.3 is 10.1 Å². The Morgan fingerprint density at radius 1 is 1.40 bits per heavy atom. The zero-order chi connectivity index (χ0) is 15.5. The van der Waals surface area contributed by atoms with Crippen LogP contribution in [0.15, 0.2) is 18.2 Å². The smallest absolute Gasteiger partial charge is 0.325 e. The molecule has 1 aromatic carbocycles. The fourth-order valence-electron chi connectivity index (χ4n) is 1.19. The normalized spacial score (nSPS) is 9.20. The number of nitrogens with one attached hydrogen (secondary N) is 1. The number of nitro benzene ring substituents is 1. The predicted molar refractivity (Wildman–Crippen MR) is 79.2 cm³/mol. The highest BCUT2D eigenvalue weighted by molar-refractivity contribution is 6.31. The van der Waals surface area contributed by atoms with Crippen LogP contribution in [0.3, 0.4) is 0 Å². The van der Waals surface area contributed by atoms with E-state index in [0.717, 1.165) is 0 Å². The van der Waals surface area contributed by atoms with Crippen molar-refractivity contribution in [2.45, 2.75) is 27.2 Å². The van der Waals surface area contributed by atoms with Gasteiger partial charge in [0.2, 0.25) is 0 Å². The molecule has 0 saturated heterocycles. The lowest BCUT2D eigenvalue weighted by atomic mass is 10.2. The van der Waals surface area contributed by atoms with E-state index >= 15 is 0 Å². The largest absolute Gasteiger partial charge is 0.465 e. The van der Waals surface area contributed by atoms with Crippen molar-refractivity contribution in [3.63, 3.8) is 0 Å². The molecule has 0 spiro atoms. The van der Waals surface area contributed by atoms with Crippen LogP contribution in [0.25, 0.3) is 0 Å². The molecule has 1 aromatic rings. The molecular formula is C13H19ClN2O4. The molecule has 0 saturated carbocycles. The number of rotatable bonds is 5. The molecular weight excluding hydrogens is 284 g/mol. The molecule has 0 aliphatic heterocycles. The van der Waals surface area contributed by atoms with Gasteiger partial charge in [0.15, 0.2) is 0 Å². The maximum atomic E-state index is 11.1. The van der Waals surface area contributed by atoms with Crippen molar-refractivity contribution in [1.29, 1.82) is 0 Å². The van der Waals surface area contributed by atoms with Gasteiger partial charge in [-0.3, -0.25) is 14.9 Å². The molecule has 0 aliphatic rings. The summed E-state index contributed by atoms with van der Waals surface area (Å²) in [6.07, 6.45) is 1.25. The summed E-state index contributed by atoms with van der Waals surface area (Å²) in [6, 6.07) is 4.07. The lowest BCUT2D eigenvalue weighted by molar-refractivity contribution is -0.383. The molecule has 0 fully saturated rings. The van der Waals surface area contributed by atoms with Gasteiger partial charge in [-0.25, -0.2) is 0 Å². The minimum absolute atomic E-state index is 0.140. The van der Waals surface area contributed by atoms with Crippen LogP contribution in [0.4, 0.5) is 11.4 Å². The number of nitrogens with zero attached hydrogens (tertiary/aromatic N) is 1. The number of hydrogen-bond acceptors (Lipinski definition) is 5. The number of anilines is 1. The first-order valence-electron chi connectivity index (χ1n) is 6.29. The summed E-state index contributed by atoms with van der Waals surface area (Å²) >= 11 is 5.72. The SMILES string of the molecule is CCC.CCOC(=O)CNc1cc(Cl)ccc1[N+](=O)[O-]. The maximum Gasteiger partial charge on any atom is 0.325 e. The van der Waals surface area contributed by atoms with E-state index in [4.69, 9.17) is 11.6 Å². The first kappa shape index (κ1) is 18.2. The summed E-state index contributed by atoms with van der Waals surface area (Å²) in [5.74, 6) is -0.484. The monoisotopic (exact) mass is 302 g/mol. The summed E-state index contributed by atoms with van der Waals surface area (Å²) in [7, 11) is 0. The average Bonchev–Trinajstić information content (AvgIpc) is 2.37. The Morgan fingerprint density at radius 2 is 2.00 bits per heavy atom. The number of benzene rings is 1. The maximum absolute atomic E-state index is 11.1. The Bertz CT molecular complexity index is 452. The van der Waals surface area contributed by atoms with Gasteiger partial charge in [0, 0.05) is 11.1 Å². The summed E-state index contributed by atoms with van der Waals surface area (Å²) in [6.45, 7) is 6.05. The number of nitro groups is 1. The fraction of sp³-hybridized carbons (Fsp3) is 0.462. The third-order valence-corrected chi connectivity index (χ3v) is 2.12. The molecule has 6 nitrogen and oxygen atoms in total. The molecule has 7 heteroatoms. The number of carbonyl (C=O) groups excluding carboxylic acids is 1. The van der Waals surface area contributed by atoms with Gasteiger partial charge in [-0.05, 0) is 19.1 Å². The minimum atomic E-state index is -0.552. The molecule has 0 aliphatic carbocycles. The van der Waals surface area contributed by atoms with Gasteiger partial charge in [0.05, 0.1) is 11.5 Å². The van der Waals surface area contributed by atoms with E-state index < -0.39 is 10.9 Å². The predicted octanol–water partition coefficient (Wildman–Crippen LogP) is 3.64.